The van der Waals surface area contributed by atoms with E-state index in [1.807, 2.05) is 36.4 Å². The van der Waals surface area contributed by atoms with Crippen LogP contribution in [0.2, 0.25) is 0 Å². The summed E-state index contributed by atoms with van der Waals surface area (Å²) < 4.78 is 0. The van der Waals surface area contributed by atoms with Crippen LogP contribution >= 0.6 is 0 Å². The van der Waals surface area contributed by atoms with Crippen LogP contribution in [0, 0.1) is 13.8 Å². The molecule has 1 amide bonds. The zero-order valence-corrected chi connectivity index (χ0v) is 22.4. The van der Waals surface area contributed by atoms with Crippen molar-refractivity contribution in [2.45, 2.75) is 57.6 Å². The number of nitrogens with one attached hydrogen (secondary N) is 1. The van der Waals surface area contributed by atoms with Crippen LogP contribution in [0.25, 0.3) is 11.1 Å². The third-order valence-electron chi connectivity index (χ3n) is 8.12. The van der Waals surface area contributed by atoms with Crippen LogP contribution in [0.1, 0.15) is 64.7 Å². The number of hydrogen-bond donors (Lipinski definition) is 2. The normalized spacial score (nSPS) is 16.7. The number of aromatic nitrogens is 2. The molecule has 0 bridgehead atoms. The lowest BCUT2D eigenvalue weighted by atomic mass is 9.94. The molecule has 2 aliphatic rings. The maximum atomic E-state index is 13.5. The van der Waals surface area contributed by atoms with Gasteiger partial charge in [-0.15, -0.1) is 0 Å². The largest absolute Gasteiger partial charge is 0.378 e. The molecule has 6 nitrogen and oxygen atoms in total. The van der Waals surface area contributed by atoms with Gasteiger partial charge in [0.1, 0.15) is 5.82 Å². The Hall–Kier alpha value is -4.03. The summed E-state index contributed by atoms with van der Waals surface area (Å²) in [6, 6.07) is 24.0. The molecule has 0 spiro atoms. The van der Waals surface area contributed by atoms with E-state index < -0.39 is 12.0 Å². The summed E-state index contributed by atoms with van der Waals surface area (Å²) >= 11 is 0. The first-order chi connectivity index (χ1) is 18.8. The maximum Gasteiger partial charge on any atom is 0.256 e. The summed E-state index contributed by atoms with van der Waals surface area (Å²) in [6.07, 6.45) is 1.91. The number of hydrogen-bond acceptors (Lipinski definition) is 4. The van der Waals surface area contributed by atoms with Gasteiger partial charge in [-0.1, -0.05) is 77.9 Å². The van der Waals surface area contributed by atoms with Crippen LogP contribution in [0.15, 0.2) is 77.6 Å². The van der Waals surface area contributed by atoms with Crippen molar-refractivity contribution in [1.29, 1.82) is 0 Å². The Morgan fingerprint density at radius 1 is 0.974 bits per heavy atom. The number of fused-ring (bicyclic) bond motifs is 1. The third-order valence-corrected chi connectivity index (χ3v) is 8.12. The molecule has 2 N–H and O–H groups in total. The first-order valence-electron chi connectivity index (χ1n) is 13.7. The topological polar surface area (TPSA) is 86.3 Å². The highest BCUT2D eigenvalue weighted by Crippen LogP contribution is 2.51. The number of carbonyl (C=O) groups excluding carboxylic acids is 1. The van der Waals surface area contributed by atoms with Crippen LogP contribution in [0.5, 0.6) is 0 Å². The number of aromatic amines is 1. The van der Waals surface area contributed by atoms with Crippen LogP contribution in [0.4, 0.5) is 0 Å². The average Bonchev–Trinajstić information content (AvgIpc) is 3.77. The van der Waals surface area contributed by atoms with E-state index in [0.29, 0.717) is 30.5 Å². The molecule has 198 valence electrons. The highest BCUT2D eigenvalue weighted by molar-refractivity contribution is 5.83. The molecule has 1 aliphatic carbocycles. The second-order valence-electron chi connectivity index (χ2n) is 11.1. The molecule has 39 heavy (non-hydrogen) atoms. The maximum absolute atomic E-state index is 13.5. The van der Waals surface area contributed by atoms with Gasteiger partial charge in [0.05, 0.1) is 23.2 Å². The van der Waals surface area contributed by atoms with Gasteiger partial charge < -0.3 is 15.0 Å². The van der Waals surface area contributed by atoms with E-state index in [1.165, 1.54) is 5.56 Å². The van der Waals surface area contributed by atoms with Gasteiger partial charge in [-0.3, -0.25) is 9.59 Å². The van der Waals surface area contributed by atoms with E-state index in [9.17, 15) is 14.7 Å². The number of aliphatic hydroxyl groups excluding tert-OH is 1. The first kappa shape index (κ1) is 25.3. The van der Waals surface area contributed by atoms with Crippen molar-refractivity contribution in [2.75, 3.05) is 6.54 Å². The minimum atomic E-state index is -1.31. The third kappa shape index (κ3) is 4.81. The number of aryl methyl sites for hydroxylation is 3. The predicted molar refractivity (Wildman–Crippen MR) is 151 cm³/mol. The molecule has 1 aromatic heterocycles. The Morgan fingerprint density at radius 3 is 2.44 bits per heavy atom. The molecule has 4 aromatic rings. The van der Waals surface area contributed by atoms with Crippen molar-refractivity contribution in [3.63, 3.8) is 0 Å². The van der Waals surface area contributed by atoms with Crippen molar-refractivity contribution >= 4 is 5.91 Å². The second kappa shape index (κ2) is 9.93. The molecule has 3 aromatic carbocycles. The van der Waals surface area contributed by atoms with Crippen LogP contribution in [-0.4, -0.2) is 32.4 Å². The van der Waals surface area contributed by atoms with Gasteiger partial charge in [0.25, 0.3) is 11.5 Å². The molecule has 1 fully saturated rings. The molecule has 1 saturated carbocycles. The smallest absolute Gasteiger partial charge is 0.256 e. The molecule has 0 saturated heterocycles. The number of benzene rings is 3. The summed E-state index contributed by atoms with van der Waals surface area (Å²) in [4.78, 5) is 36.4. The Kier molecular flexibility index (Phi) is 6.43. The van der Waals surface area contributed by atoms with E-state index >= 15 is 0 Å². The Bertz CT molecular complexity index is 1580. The van der Waals surface area contributed by atoms with Crippen molar-refractivity contribution in [2.24, 2.45) is 0 Å². The molecule has 1 aliphatic heterocycles. The molecule has 6 heteroatoms. The van der Waals surface area contributed by atoms with E-state index in [4.69, 9.17) is 4.98 Å². The molecular weight excluding hydrogens is 486 g/mol. The fraction of sp³-hybridized carbons (Fsp3) is 0.303. The lowest BCUT2D eigenvalue weighted by Gasteiger charge is -2.24. The van der Waals surface area contributed by atoms with Gasteiger partial charge in [0, 0.05) is 6.54 Å². The SMILES string of the molecule is Cc1cc(C)cc(-c2cccc([C@@H](O)C(=O)N3CCCc4nc(C5(c6ccccc6)CC5)[nH]c(=O)c4C3)c2)c1. The number of amides is 1. The summed E-state index contributed by atoms with van der Waals surface area (Å²) in [7, 11) is 0. The number of rotatable bonds is 5. The van der Waals surface area contributed by atoms with Crippen LogP contribution in [0.3, 0.4) is 0 Å². The van der Waals surface area contributed by atoms with E-state index in [0.717, 1.165) is 46.6 Å². The summed E-state index contributed by atoms with van der Waals surface area (Å²) in [5.41, 5.74) is 6.90. The lowest BCUT2D eigenvalue weighted by Crippen LogP contribution is -2.36. The van der Waals surface area contributed by atoms with Crippen LogP contribution < -0.4 is 5.56 Å². The van der Waals surface area contributed by atoms with Gasteiger partial charge in [0.15, 0.2) is 6.10 Å². The number of H-pyrrole nitrogens is 1. The summed E-state index contributed by atoms with van der Waals surface area (Å²) in [6.45, 7) is 4.72. The molecule has 1 atom stereocenters. The van der Waals surface area contributed by atoms with Gasteiger partial charge in [-0.25, -0.2) is 4.98 Å². The number of carbonyl (C=O) groups is 1. The van der Waals surface area contributed by atoms with Crippen molar-refractivity contribution in [3.8, 4) is 11.1 Å². The average molecular weight is 520 g/mol. The Balaban J connectivity index is 1.25. The van der Waals surface area contributed by atoms with Gasteiger partial charge in [0.2, 0.25) is 0 Å². The second-order valence-corrected chi connectivity index (χ2v) is 11.1. The fourth-order valence-electron chi connectivity index (χ4n) is 5.93. The number of nitrogens with zero attached hydrogens (tertiary/aromatic N) is 2. The van der Waals surface area contributed by atoms with Gasteiger partial charge >= 0.3 is 0 Å². The van der Waals surface area contributed by atoms with Crippen molar-refractivity contribution in [3.05, 3.63) is 122 Å². The van der Waals surface area contributed by atoms with Crippen molar-refractivity contribution in [1.82, 2.24) is 14.9 Å². The highest BCUT2D eigenvalue weighted by Gasteiger charge is 2.48. The highest BCUT2D eigenvalue weighted by atomic mass is 16.3. The molecule has 6 rings (SSSR count). The molecule has 2 heterocycles. The monoisotopic (exact) mass is 519 g/mol. The zero-order chi connectivity index (χ0) is 27.1. The standard InChI is InChI=1S/C33H33N3O3/c1-21-16-22(2)18-25(17-21)23-8-6-9-24(19-23)29(37)31(39)36-15-7-12-28-27(20-36)30(38)35-32(34-28)33(13-14-33)26-10-4-3-5-11-26/h3-6,8-11,16-19,29,37H,7,12-15,20H2,1-2H3,(H,34,35,38)/t29-/m1/s1. The predicted octanol–water partition coefficient (Wildman–Crippen LogP) is 5.14. The van der Waals surface area contributed by atoms with Gasteiger partial charge in [-0.05, 0) is 67.9 Å². The molecule has 0 radical (unpaired) electrons. The Morgan fingerprint density at radius 2 is 1.72 bits per heavy atom. The minimum absolute atomic E-state index is 0.142. The lowest BCUT2D eigenvalue weighted by molar-refractivity contribution is -0.141. The summed E-state index contributed by atoms with van der Waals surface area (Å²) in [5.74, 6) is 0.326. The van der Waals surface area contributed by atoms with Gasteiger partial charge in [-0.2, -0.15) is 0 Å². The van der Waals surface area contributed by atoms with Crippen LogP contribution in [-0.2, 0) is 23.2 Å². The molecular formula is C33H33N3O3. The van der Waals surface area contributed by atoms with E-state index in [1.54, 1.807) is 11.0 Å². The summed E-state index contributed by atoms with van der Waals surface area (Å²) in [5, 5.41) is 11.1. The quantitative estimate of drug-likeness (QED) is 0.382. The number of aliphatic hydroxyl groups is 1. The zero-order valence-electron chi connectivity index (χ0n) is 22.4. The Labute approximate surface area is 228 Å². The first-order valence-corrected chi connectivity index (χ1v) is 13.7. The van der Waals surface area contributed by atoms with E-state index in [-0.39, 0.29) is 17.5 Å². The minimum Gasteiger partial charge on any atom is -0.378 e. The fourth-order valence-corrected chi connectivity index (χ4v) is 5.93. The van der Waals surface area contributed by atoms with Crippen molar-refractivity contribution < 1.29 is 9.90 Å². The molecule has 0 unspecified atom stereocenters. The van der Waals surface area contributed by atoms with E-state index in [2.05, 4.69) is 49.2 Å².